The van der Waals surface area contributed by atoms with Gasteiger partial charge in [0.15, 0.2) is 0 Å². The molecule has 0 bridgehead atoms. The van der Waals surface area contributed by atoms with Gasteiger partial charge in [-0.05, 0) is 19.3 Å². The molecular weight excluding hydrogens is 366 g/mol. The van der Waals surface area contributed by atoms with E-state index in [0.29, 0.717) is 17.7 Å². The molecule has 1 unspecified atom stereocenters. The van der Waals surface area contributed by atoms with Gasteiger partial charge in [-0.2, -0.15) is 0 Å². The average molecular weight is 394 g/mol. The lowest BCUT2D eigenvalue weighted by Gasteiger charge is -2.41. The third kappa shape index (κ3) is 4.00. The van der Waals surface area contributed by atoms with E-state index in [1.54, 1.807) is 4.90 Å². The number of hydrogen-bond donors (Lipinski definition) is 0. The molecule has 0 radical (unpaired) electrons. The molecule has 2 amide bonds. The Balaban J connectivity index is 1.31. The molecule has 0 saturated carbocycles. The van der Waals surface area contributed by atoms with Crippen LogP contribution in [0.2, 0.25) is 0 Å². The maximum atomic E-state index is 12.9. The number of nitrogens with zero attached hydrogens (tertiary/aromatic N) is 5. The van der Waals surface area contributed by atoms with E-state index in [9.17, 15) is 9.59 Å². The maximum Gasteiger partial charge on any atom is 0.229 e. The Bertz CT molecular complexity index is 682. The van der Waals surface area contributed by atoms with Gasteiger partial charge in [-0.3, -0.25) is 19.4 Å². The molecule has 1 atom stereocenters. The van der Waals surface area contributed by atoms with Crippen molar-refractivity contribution < 1.29 is 14.3 Å². The second kappa shape index (κ2) is 8.20. The Kier molecular flexibility index (Phi) is 5.70. The molecule has 1 aromatic heterocycles. The molecule has 8 nitrogen and oxygen atoms in total. The summed E-state index contributed by atoms with van der Waals surface area (Å²) in [6, 6.07) is 0.588. The second-order valence-electron chi connectivity index (χ2n) is 7.44. The van der Waals surface area contributed by atoms with Crippen LogP contribution >= 0.6 is 11.3 Å². The number of aromatic nitrogens is 2. The maximum absolute atomic E-state index is 12.9. The van der Waals surface area contributed by atoms with Gasteiger partial charge in [0, 0.05) is 58.4 Å². The van der Waals surface area contributed by atoms with Gasteiger partial charge in [-0.25, -0.2) is 0 Å². The van der Waals surface area contributed by atoms with Gasteiger partial charge >= 0.3 is 0 Å². The van der Waals surface area contributed by atoms with E-state index in [4.69, 9.17) is 4.74 Å². The van der Waals surface area contributed by atoms with Crippen molar-refractivity contribution in [3.63, 3.8) is 0 Å². The zero-order chi connectivity index (χ0) is 18.8. The van der Waals surface area contributed by atoms with Gasteiger partial charge in [0.25, 0.3) is 0 Å². The summed E-state index contributed by atoms with van der Waals surface area (Å²) in [5.41, 5.74) is 0. The molecule has 27 heavy (non-hydrogen) atoms. The van der Waals surface area contributed by atoms with Crippen molar-refractivity contribution >= 4 is 28.3 Å². The minimum atomic E-state index is -0.263. The molecule has 3 aliphatic rings. The molecule has 0 spiro atoms. The van der Waals surface area contributed by atoms with Gasteiger partial charge in [0.1, 0.15) is 5.01 Å². The summed E-state index contributed by atoms with van der Waals surface area (Å²) in [5.74, 6) is -0.174. The van der Waals surface area contributed by atoms with Crippen LogP contribution in [0.1, 0.15) is 31.2 Å². The van der Waals surface area contributed by atoms with E-state index in [2.05, 4.69) is 15.1 Å². The molecule has 0 aromatic carbocycles. The lowest BCUT2D eigenvalue weighted by Crippen LogP contribution is -2.54. The fourth-order valence-electron chi connectivity index (χ4n) is 4.17. The van der Waals surface area contributed by atoms with E-state index in [-0.39, 0.29) is 24.2 Å². The second-order valence-corrected chi connectivity index (χ2v) is 8.48. The van der Waals surface area contributed by atoms with Crippen LogP contribution in [-0.2, 0) is 20.7 Å². The third-order valence-corrected chi connectivity index (χ3v) is 6.89. The van der Waals surface area contributed by atoms with Crippen LogP contribution in [0, 0.1) is 5.92 Å². The molecule has 4 heterocycles. The molecule has 0 N–H and O–H groups in total. The molecule has 0 aliphatic carbocycles. The first-order chi connectivity index (χ1) is 13.2. The van der Waals surface area contributed by atoms with Gasteiger partial charge in [-0.1, -0.05) is 18.3 Å². The topological polar surface area (TPSA) is 78.9 Å². The highest BCUT2D eigenvalue weighted by Gasteiger charge is 2.39. The fraction of sp³-hybridized carbons (Fsp3) is 0.778. The van der Waals surface area contributed by atoms with Crippen LogP contribution in [0.3, 0.4) is 0 Å². The summed E-state index contributed by atoms with van der Waals surface area (Å²) in [7, 11) is 0. The number of ether oxygens (including phenoxy) is 1. The Labute approximate surface area is 163 Å². The van der Waals surface area contributed by atoms with Gasteiger partial charge in [0.2, 0.25) is 16.9 Å². The lowest BCUT2D eigenvalue weighted by atomic mass is 10.0. The highest BCUT2D eigenvalue weighted by molar-refractivity contribution is 7.15. The molecule has 1 aromatic rings. The van der Waals surface area contributed by atoms with Crippen LogP contribution in [0.4, 0.5) is 5.13 Å². The van der Waals surface area contributed by atoms with E-state index >= 15 is 0 Å². The number of carbonyl (C=O) groups is 2. The van der Waals surface area contributed by atoms with E-state index in [0.717, 1.165) is 63.7 Å². The Morgan fingerprint density at radius 3 is 2.59 bits per heavy atom. The highest BCUT2D eigenvalue weighted by Crippen LogP contribution is 2.29. The van der Waals surface area contributed by atoms with Crippen LogP contribution in [-0.4, -0.2) is 83.8 Å². The third-order valence-electron chi connectivity index (χ3n) is 5.80. The molecule has 148 valence electrons. The monoisotopic (exact) mass is 393 g/mol. The standard InChI is InChI=1S/C18H27N5O3S/c1-2-15-19-20-18(27-15)23-12-13(11-16(23)24)17(25)22-7-5-21(6-8-22)14-3-9-26-10-4-14/h13-14H,2-12H2,1H3. The van der Waals surface area contributed by atoms with E-state index in [1.807, 2.05) is 11.8 Å². The molecule has 3 saturated heterocycles. The first-order valence-electron chi connectivity index (χ1n) is 9.89. The number of amides is 2. The van der Waals surface area contributed by atoms with Crippen LogP contribution < -0.4 is 4.90 Å². The van der Waals surface area contributed by atoms with Crippen molar-refractivity contribution in [2.24, 2.45) is 5.92 Å². The lowest BCUT2D eigenvalue weighted by molar-refractivity contribution is -0.138. The Morgan fingerprint density at radius 1 is 1.19 bits per heavy atom. The molecule has 3 fully saturated rings. The predicted octanol–water partition coefficient (Wildman–Crippen LogP) is 0.777. The van der Waals surface area contributed by atoms with Crippen LogP contribution in [0.15, 0.2) is 0 Å². The summed E-state index contributed by atoms with van der Waals surface area (Å²) in [5, 5.41) is 9.75. The normalized spacial score (nSPS) is 25.4. The SMILES string of the molecule is CCc1nnc(N2CC(C(=O)N3CCN(C4CCOCC4)CC3)CC2=O)s1. The molecule has 9 heteroatoms. The van der Waals surface area contributed by atoms with Crippen molar-refractivity contribution in [3.05, 3.63) is 5.01 Å². The van der Waals surface area contributed by atoms with Gasteiger partial charge in [0.05, 0.1) is 5.92 Å². The smallest absolute Gasteiger partial charge is 0.229 e. The van der Waals surface area contributed by atoms with Crippen molar-refractivity contribution in [1.82, 2.24) is 20.0 Å². The minimum absolute atomic E-state index is 0.0204. The zero-order valence-corrected chi connectivity index (χ0v) is 16.6. The summed E-state index contributed by atoms with van der Waals surface area (Å²) in [6.07, 6.45) is 3.25. The largest absolute Gasteiger partial charge is 0.381 e. The summed E-state index contributed by atoms with van der Waals surface area (Å²) >= 11 is 1.44. The number of carbonyl (C=O) groups excluding carboxylic acids is 2. The number of aryl methyl sites for hydroxylation is 1. The first-order valence-corrected chi connectivity index (χ1v) is 10.7. The number of hydrogen-bond acceptors (Lipinski definition) is 7. The number of piperazine rings is 1. The van der Waals surface area contributed by atoms with Gasteiger partial charge in [-0.15, -0.1) is 10.2 Å². The van der Waals surface area contributed by atoms with E-state index < -0.39 is 0 Å². The fourth-order valence-corrected chi connectivity index (χ4v) is 4.98. The van der Waals surface area contributed by atoms with Gasteiger partial charge < -0.3 is 9.64 Å². The van der Waals surface area contributed by atoms with Crippen LogP contribution in [0.25, 0.3) is 0 Å². The highest BCUT2D eigenvalue weighted by atomic mass is 32.1. The van der Waals surface area contributed by atoms with Crippen molar-refractivity contribution in [2.75, 3.05) is 50.8 Å². The predicted molar refractivity (Wildman–Crippen MR) is 102 cm³/mol. The summed E-state index contributed by atoms with van der Waals surface area (Å²) < 4.78 is 5.45. The molecule has 3 aliphatic heterocycles. The summed E-state index contributed by atoms with van der Waals surface area (Å²) in [4.78, 5) is 31.4. The first kappa shape index (κ1) is 18.8. The number of rotatable bonds is 4. The minimum Gasteiger partial charge on any atom is -0.381 e. The summed E-state index contributed by atoms with van der Waals surface area (Å²) in [6.45, 7) is 7.45. The van der Waals surface area contributed by atoms with Crippen molar-refractivity contribution in [3.8, 4) is 0 Å². The van der Waals surface area contributed by atoms with E-state index in [1.165, 1.54) is 11.3 Å². The Morgan fingerprint density at radius 2 is 1.93 bits per heavy atom. The van der Waals surface area contributed by atoms with Crippen molar-refractivity contribution in [1.29, 1.82) is 0 Å². The van der Waals surface area contributed by atoms with Crippen molar-refractivity contribution in [2.45, 2.75) is 38.6 Å². The quantitative estimate of drug-likeness (QED) is 0.752. The molecule has 4 rings (SSSR count). The number of anilines is 1. The average Bonchev–Trinajstić information content (AvgIpc) is 3.34. The zero-order valence-electron chi connectivity index (χ0n) is 15.8. The molecular formula is C18H27N5O3S. The van der Waals surface area contributed by atoms with Crippen LogP contribution in [0.5, 0.6) is 0 Å². The Hall–Kier alpha value is -1.58.